The van der Waals surface area contributed by atoms with Crippen LogP contribution in [0.3, 0.4) is 0 Å². The summed E-state index contributed by atoms with van der Waals surface area (Å²) in [6.45, 7) is 0.753. The van der Waals surface area contributed by atoms with Gasteiger partial charge < -0.3 is 19.7 Å². The summed E-state index contributed by atoms with van der Waals surface area (Å²) in [4.78, 5) is 35.1. The Kier molecular flexibility index (Phi) is 3.84. The Morgan fingerprint density at radius 1 is 1.42 bits per heavy atom. The summed E-state index contributed by atoms with van der Waals surface area (Å²) >= 11 is 0. The maximum absolute atomic E-state index is 11.7. The Bertz CT molecular complexity index is 476. The van der Waals surface area contributed by atoms with E-state index in [0.717, 1.165) is 0 Å². The van der Waals surface area contributed by atoms with Crippen LogP contribution in [0, 0.1) is 5.92 Å². The van der Waals surface area contributed by atoms with Crippen LogP contribution in [0.1, 0.15) is 17.0 Å². The van der Waals surface area contributed by atoms with Crippen LogP contribution in [0.2, 0.25) is 0 Å². The molecule has 7 nitrogen and oxygen atoms in total. The fourth-order valence-electron chi connectivity index (χ4n) is 1.91. The molecule has 1 aromatic rings. The molecule has 0 saturated carbocycles. The predicted molar refractivity (Wildman–Crippen MR) is 63.4 cm³/mol. The lowest BCUT2D eigenvalue weighted by molar-refractivity contribution is -0.144. The second-order valence-electron chi connectivity index (χ2n) is 4.42. The first-order valence-corrected chi connectivity index (χ1v) is 5.87. The molecule has 0 radical (unpaired) electrons. The van der Waals surface area contributed by atoms with Crippen LogP contribution in [0.5, 0.6) is 0 Å². The number of carbonyl (C=O) groups excluding carboxylic acids is 2. The second-order valence-corrected chi connectivity index (χ2v) is 4.42. The van der Waals surface area contributed by atoms with E-state index in [1.807, 2.05) is 0 Å². The minimum atomic E-state index is -0.858. The molecule has 0 aromatic carbocycles. The fraction of sp³-hybridized carbons (Fsp3) is 0.417. The number of carboxylic acids is 1. The fourth-order valence-corrected chi connectivity index (χ4v) is 1.91. The zero-order valence-electron chi connectivity index (χ0n) is 10.2. The minimum absolute atomic E-state index is 0.0159. The van der Waals surface area contributed by atoms with Gasteiger partial charge in [0.1, 0.15) is 0 Å². The summed E-state index contributed by atoms with van der Waals surface area (Å²) in [6, 6.07) is 3.09. The van der Waals surface area contributed by atoms with Crippen molar-refractivity contribution >= 4 is 17.8 Å². The number of nitrogens with zero attached hydrogens (tertiary/aromatic N) is 1. The van der Waals surface area contributed by atoms with E-state index in [9.17, 15) is 14.4 Å². The van der Waals surface area contributed by atoms with Crippen molar-refractivity contribution < 1.29 is 23.9 Å². The van der Waals surface area contributed by atoms with Gasteiger partial charge >= 0.3 is 5.97 Å². The molecule has 1 aliphatic heterocycles. The van der Waals surface area contributed by atoms with Crippen LogP contribution >= 0.6 is 0 Å². The van der Waals surface area contributed by atoms with Gasteiger partial charge in [-0.05, 0) is 12.1 Å². The first-order valence-electron chi connectivity index (χ1n) is 5.87. The van der Waals surface area contributed by atoms with E-state index in [1.165, 1.54) is 17.2 Å². The van der Waals surface area contributed by atoms with Gasteiger partial charge in [-0.2, -0.15) is 0 Å². The van der Waals surface area contributed by atoms with Crippen LogP contribution in [0.15, 0.2) is 22.8 Å². The highest BCUT2D eigenvalue weighted by atomic mass is 16.4. The lowest BCUT2D eigenvalue weighted by Gasteiger charge is -2.38. The molecule has 0 bridgehead atoms. The number of rotatable bonds is 5. The number of amides is 2. The lowest BCUT2D eigenvalue weighted by Crippen LogP contribution is -2.53. The molecule has 2 rings (SSSR count). The number of hydrogen-bond acceptors (Lipinski definition) is 4. The number of hydrogen-bond donors (Lipinski definition) is 2. The quantitative estimate of drug-likeness (QED) is 0.777. The molecular formula is C12H14N2O5. The molecule has 1 aliphatic rings. The number of furan rings is 1. The summed E-state index contributed by atoms with van der Waals surface area (Å²) in [5.74, 6) is -1.35. The highest BCUT2D eigenvalue weighted by Gasteiger charge is 2.31. The molecule has 0 aliphatic carbocycles. The highest BCUT2D eigenvalue weighted by Crippen LogP contribution is 2.18. The van der Waals surface area contributed by atoms with Gasteiger partial charge in [0, 0.05) is 19.0 Å². The van der Waals surface area contributed by atoms with Gasteiger partial charge in [-0.25, -0.2) is 0 Å². The molecule has 7 heteroatoms. The van der Waals surface area contributed by atoms with Crippen molar-refractivity contribution in [1.82, 2.24) is 10.2 Å². The summed E-state index contributed by atoms with van der Waals surface area (Å²) in [7, 11) is 0. The van der Waals surface area contributed by atoms with Crippen LogP contribution in [-0.2, 0) is 9.59 Å². The monoisotopic (exact) mass is 266 g/mol. The summed E-state index contributed by atoms with van der Waals surface area (Å²) in [5.41, 5.74) is 0. The topological polar surface area (TPSA) is 99.9 Å². The average Bonchev–Trinajstić information content (AvgIpc) is 2.83. The molecule has 0 atom stereocenters. The van der Waals surface area contributed by atoms with Crippen molar-refractivity contribution in [1.29, 1.82) is 0 Å². The number of carboxylic acid groups (broad SMARTS) is 1. The largest absolute Gasteiger partial charge is 0.481 e. The molecule has 0 unspecified atom stereocenters. The molecule has 2 N–H and O–H groups in total. The van der Waals surface area contributed by atoms with E-state index in [-0.39, 0.29) is 30.6 Å². The molecule has 1 fully saturated rings. The third-order valence-electron chi connectivity index (χ3n) is 2.92. The van der Waals surface area contributed by atoms with Gasteiger partial charge in [0.05, 0.1) is 19.2 Å². The molecule has 102 valence electrons. The van der Waals surface area contributed by atoms with E-state index in [0.29, 0.717) is 13.1 Å². The number of aliphatic carboxylic acids is 1. The van der Waals surface area contributed by atoms with Crippen molar-refractivity contribution in [2.75, 3.05) is 19.6 Å². The molecule has 1 saturated heterocycles. The smallest absolute Gasteiger partial charge is 0.303 e. The van der Waals surface area contributed by atoms with Gasteiger partial charge in [-0.3, -0.25) is 14.4 Å². The maximum Gasteiger partial charge on any atom is 0.303 e. The summed E-state index contributed by atoms with van der Waals surface area (Å²) < 4.78 is 4.89. The Hall–Kier alpha value is -2.31. The summed E-state index contributed by atoms with van der Waals surface area (Å²) in [6.07, 6.45) is 1.45. The van der Waals surface area contributed by atoms with Gasteiger partial charge in [-0.1, -0.05) is 0 Å². The number of carbonyl (C=O) groups is 3. The van der Waals surface area contributed by atoms with Gasteiger partial charge in [0.15, 0.2) is 5.76 Å². The lowest BCUT2D eigenvalue weighted by atomic mass is 9.96. The van der Waals surface area contributed by atoms with E-state index in [2.05, 4.69) is 5.32 Å². The highest BCUT2D eigenvalue weighted by molar-refractivity contribution is 5.94. The van der Waals surface area contributed by atoms with Crippen molar-refractivity contribution in [3.63, 3.8) is 0 Å². The van der Waals surface area contributed by atoms with Gasteiger partial charge in [0.2, 0.25) is 5.91 Å². The standard InChI is InChI=1S/C12H14N2O5/c15-10(14-6-8(7-14)4-11(16)17)5-13-12(18)9-2-1-3-19-9/h1-3,8H,4-7H2,(H,13,18)(H,16,17). The van der Waals surface area contributed by atoms with Crippen LogP contribution in [0.25, 0.3) is 0 Å². The molecular weight excluding hydrogens is 252 g/mol. The molecule has 2 heterocycles. The molecule has 0 spiro atoms. The van der Waals surface area contributed by atoms with E-state index in [4.69, 9.17) is 9.52 Å². The van der Waals surface area contributed by atoms with Gasteiger partial charge in [0.25, 0.3) is 5.91 Å². The van der Waals surface area contributed by atoms with E-state index < -0.39 is 11.9 Å². The first kappa shape index (κ1) is 13.1. The average molecular weight is 266 g/mol. The third-order valence-corrected chi connectivity index (χ3v) is 2.92. The normalized spacial score (nSPS) is 14.8. The molecule has 19 heavy (non-hydrogen) atoms. The predicted octanol–water partition coefficient (Wildman–Crippen LogP) is -0.0575. The maximum atomic E-state index is 11.7. The molecule has 2 amide bonds. The van der Waals surface area contributed by atoms with Gasteiger partial charge in [-0.15, -0.1) is 0 Å². The van der Waals surface area contributed by atoms with E-state index in [1.54, 1.807) is 6.07 Å². The number of likely N-dealkylation sites (tertiary alicyclic amines) is 1. The second kappa shape index (κ2) is 5.55. The molecule has 1 aromatic heterocycles. The third kappa shape index (κ3) is 3.34. The Balaban J connectivity index is 1.69. The zero-order chi connectivity index (χ0) is 13.8. The summed E-state index contributed by atoms with van der Waals surface area (Å²) in [5, 5.41) is 11.0. The van der Waals surface area contributed by atoms with E-state index >= 15 is 0 Å². The van der Waals surface area contributed by atoms with Crippen molar-refractivity contribution in [3.8, 4) is 0 Å². The van der Waals surface area contributed by atoms with Crippen LogP contribution in [0.4, 0.5) is 0 Å². The zero-order valence-corrected chi connectivity index (χ0v) is 10.2. The van der Waals surface area contributed by atoms with Crippen molar-refractivity contribution in [2.24, 2.45) is 5.92 Å². The van der Waals surface area contributed by atoms with Crippen LogP contribution < -0.4 is 5.32 Å². The number of nitrogens with one attached hydrogen (secondary N) is 1. The van der Waals surface area contributed by atoms with Crippen molar-refractivity contribution in [2.45, 2.75) is 6.42 Å². The SMILES string of the molecule is O=C(O)CC1CN(C(=O)CNC(=O)c2ccco2)C1. The Morgan fingerprint density at radius 3 is 2.74 bits per heavy atom. The van der Waals surface area contributed by atoms with Crippen molar-refractivity contribution in [3.05, 3.63) is 24.2 Å². The van der Waals surface area contributed by atoms with Crippen LogP contribution in [-0.4, -0.2) is 47.4 Å². The Morgan fingerprint density at radius 2 is 2.16 bits per heavy atom. The minimum Gasteiger partial charge on any atom is -0.481 e. The first-order chi connectivity index (χ1) is 9.06. The Labute approximate surface area is 109 Å².